The number of carbonyl (C=O) groups is 4. The fourth-order valence-electron chi connectivity index (χ4n) is 11.6. The Morgan fingerprint density at radius 1 is 0.582 bits per heavy atom. The van der Waals surface area contributed by atoms with Gasteiger partial charge >= 0.3 is 23.9 Å². The Bertz CT molecular complexity index is 1660. The van der Waals surface area contributed by atoms with Crippen LogP contribution in [0.5, 0.6) is 11.5 Å². The van der Waals surface area contributed by atoms with Crippen molar-refractivity contribution < 1.29 is 81.1 Å². The Morgan fingerprint density at radius 2 is 0.945 bits per heavy atom. The Balaban J connectivity index is 0.00000257. The molecule has 0 aromatic heterocycles. The summed E-state index contributed by atoms with van der Waals surface area (Å²) < 4.78 is 25.2. The highest BCUT2D eigenvalue weighted by atomic mass is 79.9. The van der Waals surface area contributed by atoms with Crippen LogP contribution in [-0.4, -0.2) is 83.3 Å². The van der Waals surface area contributed by atoms with E-state index in [9.17, 15) is 19.2 Å². The number of piperidine rings is 2. The summed E-state index contributed by atoms with van der Waals surface area (Å²) in [6.07, 6.45) is 12.3. The maximum Gasteiger partial charge on any atom is 0.310 e. The highest BCUT2D eigenvalue weighted by Crippen LogP contribution is 2.51. The number of benzene rings is 2. The van der Waals surface area contributed by atoms with Crippen LogP contribution in [-0.2, 0) is 41.7 Å². The highest BCUT2D eigenvalue weighted by molar-refractivity contribution is 5.84. The maximum atomic E-state index is 14.0. The lowest BCUT2D eigenvalue weighted by Gasteiger charge is -2.47. The van der Waals surface area contributed by atoms with Crippen molar-refractivity contribution in [1.82, 2.24) is 0 Å². The van der Waals surface area contributed by atoms with Crippen molar-refractivity contribution in [3.63, 3.8) is 0 Å². The third-order valence-corrected chi connectivity index (χ3v) is 14.1. The Morgan fingerprint density at radius 3 is 1.29 bits per heavy atom. The molecular weight excluding hydrogens is 832 g/mol. The summed E-state index contributed by atoms with van der Waals surface area (Å²) in [6, 6.07) is 17.1. The summed E-state index contributed by atoms with van der Waals surface area (Å²) in [5.74, 6) is -0.937. The lowest BCUT2D eigenvalue weighted by molar-refractivity contribution is -0.961. The second-order valence-corrected chi connectivity index (χ2v) is 17.3. The van der Waals surface area contributed by atoms with Gasteiger partial charge in [0.15, 0.2) is 0 Å². The molecule has 0 spiro atoms. The first-order valence-electron chi connectivity index (χ1n) is 19.7. The second-order valence-electron chi connectivity index (χ2n) is 17.3. The molecule has 0 amide bonds. The van der Waals surface area contributed by atoms with Crippen molar-refractivity contribution in [3.8, 4) is 11.5 Å². The van der Waals surface area contributed by atoms with Gasteiger partial charge in [-0.15, -0.1) is 0 Å². The summed E-state index contributed by atoms with van der Waals surface area (Å²) in [6.45, 7) is 4.50. The Kier molecular flexibility index (Phi) is 12.4. The number of hydrogen-bond donors (Lipinski definition) is 0. The molecule has 5 fully saturated rings. The number of hydrogen-bond acceptors (Lipinski definition) is 8. The predicted molar refractivity (Wildman–Crippen MR) is 195 cm³/mol. The third-order valence-electron chi connectivity index (χ3n) is 14.1. The molecular formula is C43H54Br2N2O8. The minimum Gasteiger partial charge on any atom is -1.00 e. The molecule has 6 aliphatic rings. The molecule has 0 radical (unpaired) electrons. The number of fused-ring (bicyclic) bond motifs is 6. The largest absolute Gasteiger partial charge is 1.00 e. The third kappa shape index (κ3) is 8.21. The van der Waals surface area contributed by atoms with Crippen LogP contribution in [0.1, 0.15) is 82.8 Å². The fourth-order valence-corrected chi connectivity index (χ4v) is 11.6. The minimum atomic E-state index is -0.493. The fraction of sp³-hybridized carbons (Fsp3) is 0.581. The second kappa shape index (κ2) is 16.4. The van der Waals surface area contributed by atoms with Gasteiger partial charge in [0.1, 0.15) is 36.8 Å². The van der Waals surface area contributed by atoms with Crippen LogP contribution >= 0.6 is 0 Å². The zero-order valence-electron chi connectivity index (χ0n) is 32.2. The smallest absolute Gasteiger partial charge is 0.310 e. The summed E-state index contributed by atoms with van der Waals surface area (Å²) in [5.41, 5.74) is 2.27. The van der Waals surface area contributed by atoms with Crippen LogP contribution in [0.15, 0.2) is 60.7 Å². The van der Waals surface area contributed by atoms with Gasteiger partial charge in [-0.05, 0) is 42.5 Å². The Labute approximate surface area is 345 Å². The van der Waals surface area contributed by atoms with E-state index in [0.29, 0.717) is 35.7 Å². The van der Waals surface area contributed by atoms with Crippen molar-refractivity contribution in [2.24, 2.45) is 23.7 Å². The van der Waals surface area contributed by atoms with Crippen LogP contribution < -0.4 is 43.4 Å². The first kappa shape index (κ1) is 41.6. The summed E-state index contributed by atoms with van der Waals surface area (Å²) in [4.78, 5) is 51.1. The minimum absolute atomic E-state index is 0. The summed E-state index contributed by atoms with van der Waals surface area (Å²) in [7, 11) is 4.63. The van der Waals surface area contributed by atoms with E-state index in [4.69, 9.17) is 18.9 Å². The number of nitrogens with zero attached hydrogens (tertiary/aromatic N) is 2. The molecule has 2 aromatic carbocycles. The van der Waals surface area contributed by atoms with E-state index in [2.05, 4.69) is 38.4 Å². The molecule has 0 N–H and O–H groups in total. The van der Waals surface area contributed by atoms with Gasteiger partial charge < -0.3 is 61.9 Å². The van der Waals surface area contributed by atoms with Crippen molar-refractivity contribution in [1.29, 1.82) is 0 Å². The van der Waals surface area contributed by atoms with Gasteiger partial charge in [-0.1, -0.05) is 36.4 Å². The van der Waals surface area contributed by atoms with Crippen molar-refractivity contribution >= 4 is 23.9 Å². The molecule has 12 heteroatoms. The Hall–Kier alpha value is -3.06. The molecule has 2 aromatic rings. The molecule has 8 rings (SSSR count). The van der Waals surface area contributed by atoms with E-state index < -0.39 is 11.8 Å². The molecule has 4 saturated heterocycles. The number of esters is 4. The first-order valence-corrected chi connectivity index (χ1v) is 19.7. The quantitative estimate of drug-likeness (QED) is 0.143. The van der Waals surface area contributed by atoms with E-state index in [1.54, 1.807) is 0 Å². The zero-order valence-corrected chi connectivity index (χ0v) is 35.4. The van der Waals surface area contributed by atoms with Crippen LogP contribution in [0.3, 0.4) is 0 Å². The lowest BCUT2D eigenvalue weighted by Crippen LogP contribution is -3.00. The molecule has 4 heterocycles. The van der Waals surface area contributed by atoms with Gasteiger partial charge in [-0.2, -0.15) is 0 Å². The molecule has 298 valence electrons. The predicted octanol–water partition coefficient (Wildman–Crippen LogP) is 0.0501. The topological polar surface area (TPSA) is 105 Å². The van der Waals surface area contributed by atoms with E-state index >= 15 is 0 Å². The highest BCUT2D eigenvalue weighted by Gasteiger charge is 2.57. The number of quaternary nitrogens is 2. The average Bonchev–Trinajstić information content (AvgIpc) is 3.75. The number of halogens is 2. The van der Waals surface area contributed by atoms with Crippen molar-refractivity contribution in [3.05, 3.63) is 71.8 Å². The zero-order chi connectivity index (χ0) is 37.1. The summed E-state index contributed by atoms with van der Waals surface area (Å²) >= 11 is 0. The van der Waals surface area contributed by atoms with E-state index in [-0.39, 0.29) is 81.9 Å². The SMILES string of the molecule is CC(=O)Oc1cccc(C[N+]2(C)C3CCC2CC(OC(=O)C2C4C=CC(C4)C2C(=O)OC2CC4CCC(C2)[N+]4(C)Cc2cccc(OC(C)=O)c2)C3)c1.[Br-].[Br-]. The molecule has 55 heavy (non-hydrogen) atoms. The first-order chi connectivity index (χ1) is 25.4. The standard InChI is InChI=1S/C43H54N2O8.2BrH/c1-26(46)50-36-9-5-7-28(17-36)24-44(3)32-13-14-33(44)21-38(20-32)52-42(48)40-30-11-12-31(19-30)41(40)43(49)53-39-22-34-15-16-35(23-39)45(34,4)25-29-8-6-10-37(18-29)51-27(2)47;;/h5-12,17-18,30-35,38-41H,13-16,19-25H2,1-4H3;2*1H/q+2;;/p-2. The number of allylic oxidation sites excluding steroid dienone is 2. The van der Waals surface area contributed by atoms with E-state index in [1.165, 1.54) is 13.8 Å². The van der Waals surface area contributed by atoms with Crippen LogP contribution in [0.2, 0.25) is 0 Å². The van der Waals surface area contributed by atoms with Gasteiger partial charge in [0.2, 0.25) is 0 Å². The van der Waals surface area contributed by atoms with Gasteiger partial charge in [0.25, 0.3) is 0 Å². The summed E-state index contributed by atoms with van der Waals surface area (Å²) in [5, 5.41) is 0. The molecule has 2 aliphatic carbocycles. The molecule has 8 atom stereocenters. The van der Waals surface area contributed by atoms with E-state index in [0.717, 1.165) is 91.0 Å². The molecule has 4 aliphatic heterocycles. The molecule has 10 nitrogen and oxygen atoms in total. The van der Waals surface area contributed by atoms with Crippen LogP contribution in [0.4, 0.5) is 0 Å². The van der Waals surface area contributed by atoms with Gasteiger partial charge in [0, 0.05) is 76.3 Å². The van der Waals surface area contributed by atoms with Crippen LogP contribution in [0.25, 0.3) is 0 Å². The van der Waals surface area contributed by atoms with Gasteiger partial charge in [-0.3, -0.25) is 19.2 Å². The number of rotatable bonds is 10. The van der Waals surface area contributed by atoms with Crippen molar-refractivity contribution in [2.75, 3.05) is 14.1 Å². The lowest BCUT2D eigenvalue weighted by atomic mass is 9.82. The number of ether oxygens (including phenoxy) is 4. The average molecular weight is 887 g/mol. The number of carbonyl (C=O) groups excluding carboxylic acids is 4. The maximum absolute atomic E-state index is 14.0. The van der Waals surface area contributed by atoms with Gasteiger partial charge in [-0.25, -0.2) is 0 Å². The van der Waals surface area contributed by atoms with Crippen LogP contribution in [0, 0.1) is 23.7 Å². The molecule has 1 saturated carbocycles. The molecule has 6 bridgehead atoms. The van der Waals surface area contributed by atoms with Crippen molar-refractivity contribution in [2.45, 2.75) is 121 Å². The van der Waals surface area contributed by atoms with E-state index in [1.807, 2.05) is 36.4 Å². The normalized spacial score (nSPS) is 36.3. The van der Waals surface area contributed by atoms with Gasteiger partial charge in [0.05, 0.1) is 50.1 Å². The monoisotopic (exact) mass is 884 g/mol. The molecule has 8 unspecified atom stereocenters.